The summed E-state index contributed by atoms with van der Waals surface area (Å²) < 4.78 is 5.23. The molecule has 0 saturated heterocycles. The van der Waals surface area contributed by atoms with Crippen molar-refractivity contribution in [3.63, 3.8) is 0 Å². The van der Waals surface area contributed by atoms with Crippen molar-refractivity contribution in [3.8, 4) is 5.75 Å². The number of aryl methyl sites for hydroxylation is 1. The standard InChI is InChI=1S/C23H25ClN4O/c1-5-9-26-20-12-17(25-3)11-18-22(16(6-2)14-28-23(18)20)27-13-15-7-8-21(29-4)19(24)10-15/h7-8,10-12,14,26H,5-6,9,13H2,1-2,4H3,(H,27,28). The van der Waals surface area contributed by atoms with Gasteiger partial charge in [0.1, 0.15) is 5.75 Å². The van der Waals surface area contributed by atoms with Crippen LogP contribution >= 0.6 is 11.6 Å². The molecule has 0 bridgehead atoms. The Morgan fingerprint density at radius 3 is 2.66 bits per heavy atom. The molecule has 29 heavy (non-hydrogen) atoms. The first-order valence-corrected chi connectivity index (χ1v) is 10.1. The van der Waals surface area contributed by atoms with Crippen LogP contribution in [0.2, 0.25) is 5.02 Å². The third-order valence-corrected chi connectivity index (χ3v) is 5.09. The monoisotopic (exact) mass is 408 g/mol. The number of halogens is 1. The van der Waals surface area contributed by atoms with Crippen molar-refractivity contribution < 1.29 is 4.74 Å². The number of rotatable bonds is 8. The topological polar surface area (TPSA) is 50.5 Å². The number of fused-ring (bicyclic) bond motifs is 1. The number of benzene rings is 2. The summed E-state index contributed by atoms with van der Waals surface area (Å²) in [5.74, 6) is 0.660. The van der Waals surface area contributed by atoms with Crippen LogP contribution in [0, 0.1) is 6.57 Å². The molecule has 0 spiro atoms. The largest absolute Gasteiger partial charge is 0.495 e. The van der Waals surface area contributed by atoms with Gasteiger partial charge in [0, 0.05) is 30.4 Å². The van der Waals surface area contributed by atoms with Gasteiger partial charge in [-0.1, -0.05) is 31.5 Å². The lowest BCUT2D eigenvalue weighted by atomic mass is 10.0. The van der Waals surface area contributed by atoms with Crippen molar-refractivity contribution in [2.24, 2.45) is 0 Å². The smallest absolute Gasteiger partial charge is 0.190 e. The number of ether oxygens (including phenoxy) is 1. The molecule has 0 atom stereocenters. The summed E-state index contributed by atoms with van der Waals surface area (Å²) in [6.07, 6.45) is 3.76. The third kappa shape index (κ3) is 4.55. The van der Waals surface area contributed by atoms with E-state index in [0.717, 1.165) is 52.8 Å². The Morgan fingerprint density at radius 2 is 2.00 bits per heavy atom. The molecule has 3 rings (SSSR count). The molecule has 150 valence electrons. The molecule has 2 N–H and O–H groups in total. The summed E-state index contributed by atoms with van der Waals surface area (Å²) in [5.41, 5.74) is 5.54. The van der Waals surface area contributed by atoms with Crippen molar-refractivity contribution in [3.05, 3.63) is 64.1 Å². The first kappa shape index (κ1) is 20.8. The average Bonchev–Trinajstić information content (AvgIpc) is 2.75. The molecule has 0 amide bonds. The van der Waals surface area contributed by atoms with E-state index in [1.807, 2.05) is 36.5 Å². The summed E-state index contributed by atoms with van der Waals surface area (Å²) in [4.78, 5) is 8.35. The van der Waals surface area contributed by atoms with Gasteiger partial charge in [-0.05, 0) is 48.2 Å². The summed E-state index contributed by atoms with van der Waals surface area (Å²) in [6, 6.07) is 9.55. The molecule has 0 fully saturated rings. The molecule has 0 aliphatic rings. The zero-order valence-electron chi connectivity index (χ0n) is 17.0. The molecule has 5 nitrogen and oxygen atoms in total. The molecule has 6 heteroatoms. The second-order valence-corrected chi connectivity index (χ2v) is 7.17. The molecule has 3 aromatic rings. The zero-order valence-corrected chi connectivity index (χ0v) is 17.7. The fraction of sp³-hybridized carbons (Fsp3) is 0.304. The number of hydrogen-bond donors (Lipinski definition) is 2. The van der Waals surface area contributed by atoms with Gasteiger partial charge in [-0.15, -0.1) is 0 Å². The molecular formula is C23H25ClN4O. The lowest BCUT2D eigenvalue weighted by Gasteiger charge is -2.17. The predicted molar refractivity (Wildman–Crippen MR) is 121 cm³/mol. The number of hydrogen-bond acceptors (Lipinski definition) is 4. The molecule has 0 aliphatic carbocycles. The average molecular weight is 409 g/mol. The highest BCUT2D eigenvalue weighted by Crippen LogP contribution is 2.35. The minimum Gasteiger partial charge on any atom is -0.495 e. The molecule has 0 saturated carbocycles. The van der Waals surface area contributed by atoms with Gasteiger partial charge in [-0.25, -0.2) is 4.85 Å². The maximum Gasteiger partial charge on any atom is 0.190 e. The van der Waals surface area contributed by atoms with Crippen LogP contribution < -0.4 is 15.4 Å². The van der Waals surface area contributed by atoms with E-state index in [2.05, 4.69) is 34.3 Å². The second-order valence-electron chi connectivity index (χ2n) is 6.76. The Bertz CT molecular complexity index is 1060. The summed E-state index contributed by atoms with van der Waals surface area (Å²) >= 11 is 6.27. The van der Waals surface area contributed by atoms with Crippen LogP contribution in [0.4, 0.5) is 17.1 Å². The molecule has 1 aromatic heterocycles. The van der Waals surface area contributed by atoms with E-state index < -0.39 is 0 Å². The number of methoxy groups -OCH3 is 1. The van der Waals surface area contributed by atoms with Crippen molar-refractivity contribution in [2.75, 3.05) is 24.3 Å². The SMILES string of the molecule is [C-]#[N+]c1cc(NCCC)c2ncc(CC)c(NCc3ccc(OC)c(Cl)c3)c2c1. The zero-order chi connectivity index (χ0) is 20.8. The lowest BCUT2D eigenvalue weighted by molar-refractivity contribution is 0.415. The van der Waals surface area contributed by atoms with Crippen molar-refractivity contribution in [1.82, 2.24) is 4.98 Å². The number of aromatic nitrogens is 1. The maximum absolute atomic E-state index is 7.49. The van der Waals surface area contributed by atoms with Gasteiger partial charge in [-0.2, -0.15) is 0 Å². The summed E-state index contributed by atoms with van der Waals surface area (Å²) in [5, 5.41) is 8.50. The van der Waals surface area contributed by atoms with Crippen LogP contribution in [0.5, 0.6) is 5.75 Å². The normalized spacial score (nSPS) is 10.6. The number of pyridine rings is 1. The van der Waals surface area contributed by atoms with Crippen LogP contribution in [-0.2, 0) is 13.0 Å². The van der Waals surface area contributed by atoms with Gasteiger partial charge in [0.2, 0.25) is 0 Å². The first-order chi connectivity index (χ1) is 14.1. The predicted octanol–water partition coefficient (Wildman–Crippen LogP) is 6.44. The molecule has 1 heterocycles. The highest BCUT2D eigenvalue weighted by Gasteiger charge is 2.13. The lowest BCUT2D eigenvalue weighted by Crippen LogP contribution is -2.06. The second kappa shape index (κ2) is 9.49. The summed E-state index contributed by atoms with van der Waals surface area (Å²) in [7, 11) is 1.61. The first-order valence-electron chi connectivity index (χ1n) is 9.74. The van der Waals surface area contributed by atoms with Crippen LogP contribution in [0.25, 0.3) is 15.7 Å². The van der Waals surface area contributed by atoms with Crippen molar-refractivity contribution in [1.29, 1.82) is 0 Å². The van der Waals surface area contributed by atoms with Crippen LogP contribution in [-0.4, -0.2) is 18.6 Å². The van der Waals surface area contributed by atoms with Gasteiger partial charge >= 0.3 is 0 Å². The van der Waals surface area contributed by atoms with Crippen molar-refractivity contribution in [2.45, 2.75) is 33.2 Å². The highest BCUT2D eigenvalue weighted by atomic mass is 35.5. The highest BCUT2D eigenvalue weighted by molar-refractivity contribution is 6.32. The molecular weight excluding hydrogens is 384 g/mol. The van der Waals surface area contributed by atoms with Crippen LogP contribution in [0.1, 0.15) is 31.4 Å². The Kier molecular flexibility index (Phi) is 6.79. The van der Waals surface area contributed by atoms with Gasteiger partial charge in [0.05, 0.1) is 29.9 Å². The number of nitrogens with zero attached hydrogens (tertiary/aromatic N) is 2. The van der Waals surface area contributed by atoms with E-state index in [9.17, 15) is 0 Å². The fourth-order valence-electron chi connectivity index (χ4n) is 3.27. The van der Waals surface area contributed by atoms with E-state index in [1.54, 1.807) is 7.11 Å². The summed E-state index contributed by atoms with van der Waals surface area (Å²) in [6.45, 7) is 13.2. The Balaban J connectivity index is 2.03. The fourth-order valence-corrected chi connectivity index (χ4v) is 3.56. The minimum atomic E-state index is 0.587. The van der Waals surface area contributed by atoms with Gasteiger partial charge in [0.25, 0.3) is 0 Å². The van der Waals surface area contributed by atoms with Gasteiger partial charge < -0.3 is 15.4 Å². The Morgan fingerprint density at radius 1 is 1.17 bits per heavy atom. The number of anilines is 2. The molecule has 0 aliphatic heterocycles. The van der Waals surface area contributed by atoms with E-state index in [4.69, 9.17) is 22.9 Å². The Labute approximate surface area is 176 Å². The van der Waals surface area contributed by atoms with E-state index >= 15 is 0 Å². The Hall–Kier alpha value is -2.97. The molecule has 2 aromatic carbocycles. The van der Waals surface area contributed by atoms with E-state index in [-0.39, 0.29) is 0 Å². The van der Waals surface area contributed by atoms with Gasteiger partial charge in [-0.3, -0.25) is 4.98 Å². The molecule has 0 unspecified atom stereocenters. The molecule has 0 radical (unpaired) electrons. The van der Waals surface area contributed by atoms with Crippen LogP contribution in [0.3, 0.4) is 0 Å². The maximum atomic E-state index is 7.49. The van der Waals surface area contributed by atoms with E-state index in [0.29, 0.717) is 23.0 Å². The minimum absolute atomic E-state index is 0.587. The quantitative estimate of drug-likeness (QED) is 0.421. The van der Waals surface area contributed by atoms with Gasteiger partial charge in [0.15, 0.2) is 5.69 Å². The van der Waals surface area contributed by atoms with Crippen LogP contribution in [0.15, 0.2) is 36.5 Å². The third-order valence-electron chi connectivity index (χ3n) is 4.80. The van der Waals surface area contributed by atoms with E-state index in [1.165, 1.54) is 0 Å². The number of nitrogens with one attached hydrogen (secondary N) is 2. The van der Waals surface area contributed by atoms with Crippen molar-refractivity contribution >= 4 is 39.6 Å².